The highest BCUT2D eigenvalue weighted by atomic mass is 31.2. The SMILES string of the molecule is CCCCCCCCCCCCCCCCC/C=C/CC/C=C/CC/C=C/C(O)C(COP(=O)(O)OCC[N+](C)(C)C)NC(=O)CCCC. The summed E-state index contributed by atoms with van der Waals surface area (Å²) in [5, 5.41) is 13.5. The number of carbonyl (C=O) groups excluding carboxylic acids is 1. The number of nitrogens with zero attached hydrogens (tertiary/aromatic N) is 1. The fourth-order valence-corrected chi connectivity index (χ4v) is 6.08. The standard InChI is InChI=1S/C40H77N2O6P/c1-6-8-10-11-12-13-14-15-16-17-18-19-20-21-22-23-24-25-26-27-28-29-30-31-32-33-39(43)38(41-40(44)34-9-7-2)37-48-49(45,46)47-36-35-42(3,4)5/h24-25,28-29,32-33,38-39,43H,6-23,26-27,30-31,34-37H2,1-5H3,(H-,41,44,45,46)/p+1/b25-24+,29-28+,33-32+. The number of carbonyl (C=O) groups is 1. The molecular formula is C40H78N2O6P+. The number of amides is 1. The van der Waals surface area contributed by atoms with Crippen LogP contribution in [-0.2, 0) is 18.4 Å². The van der Waals surface area contributed by atoms with Crippen molar-refractivity contribution in [1.29, 1.82) is 0 Å². The summed E-state index contributed by atoms with van der Waals surface area (Å²) in [5.74, 6) is -0.228. The molecule has 0 bridgehead atoms. The molecule has 3 atom stereocenters. The molecule has 49 heavy (non-hydrogen) atoms. The van der Waals surface area contributed by atoms with Crippen LogP contribution in [0.4, 0.5) is 0 Å². The number of phosphoric ester groups is 1. The lowest BCUT2D eigenvalue weighted by molar-refractivity contribution is -0.870. The number of allylic oxidation sites excluding steroid dienone is 5. The predicted octanol–water partition coefficient (Wildman–Crippen LogP) is 10.4. The zero-order valence-corrected chi connectivity index (χ0v) is 33.3. The third-order valence-corrected chi connectivity index (χ3v) is 9.57. The van der Waals surface area contributed by atoms with Gasteiger partial charge in [0.1, 0.15) is 13.2 Å². The van der Waals surface area contributed by atoms with Crippen LogP contribution in [0.5, 0.6) is 0 Å². The van der Waals surface area contributed by atoms with E-state index in [2.05, 4.69) is 36.5 Å². The number of likely N-dealkylation sites (N-methyl/N-ethyl adjacent to an activating group) is 1. The molecule has 0 rings (SSSR count). The first kappa shape index (κ1) is 47.7. The molecule has 8 nitrogen and oxygen atoms in total. The minimum atomic E-state index is -4.32. The Morgan fingerprint density at radius 1 is 0.673 bits per heavy atom. The number of hydrogen-bond donors (Lipinski definition) is 3. The second-order valence-electron chi connectivity index (χ2n) is 14.6. The lowest BCUT2D eigenvalue weighted by Gasteiger charge is -2.25. The summed E-state index contributed by atoms with van der Waals surface area (Å²) in [5.41, 5.74) is 0. The van der Waals surface area contributed by atoms with E-state index in [1.54, 1.807) is 6.08 Å². The molecule has 0 spiro atoms. The van der Waals surface area contributed by atoms with E-state index in [4.69, 9.17) is 9.05 Å². The first-order valence-corrected chi connectivity index (χ1v) is 21.4. The van der Waals surface area contributed by atoms with Gasteiger partial charge >= 0.3 is 7.82 Å². The Kier molecular flexibility index (Phi) is 31.8. The summed E-state index contributed by atoms with van der Waals surface area (Å²) in [6.45, 7) is 4.52. The summed E-state index contributed by atoms with van der Waals surface area (Å²) in [7, 11) is 1.54. The minimum absolute atomic E-state index is 0.0522. The highest BCUT2D eigenvalue weighted by Crippen LogP contribution is 2.43. The summed E-state index contributed by atoms with van der Waals surface area (Å²) in [6, 6.07) is -0.861. The molecule has 0 heterocycles. The van der Waals surface area contributed by atoms with E-state index in [0.717, 1.165) is 38.5 Å². The van der Waals surface area contributed by atoms with Crippen LogP contribution in [-0.4, -0.2) is 73.4 Å². The smallest absolute Gasteiger partial charge is 0.387 e. The van der Waals surface area contributed by atoms with Crippen LogP contribution in [0.25, 0.3) is 0 Å². The van der Waals surface area contributed by atoms with Crippen molar-refractivity contribution < 1.29 is 32.9 Å². The molecule has 0 fully saturated rings. The highest BCUT2D eigenvalue weighted by molar-refractivity contribution is 7.47. The number of aliphatic hydroxyl groups is 1. The number of hydrogen-bond acceptors (Lipinski definition) is 5. The summed E-state index contributed by atoms with van der Waals surface area (Å²) < 4.78 is 23.1. The van der Waals surface area contributed by atoms with Crippen molar-refractivity contribution in [2.24, 2.45) is 0 Å². The first-order chi connectivity index (χ1) is 23.5. The summed E-state index contributed by atoms with van der Waals surface area (Å²) >= 11 is 0. The number of phosphoric acid groups is 1. The first-order valence-electron chi connectivity index (χ1n) is 19.9. The number of quaternary nitrogens is 1. The highest BCUT2D eigenvalue weighted by Gasteiger charge is 2.27. The Hall–Kier alpha value is -1.28. The molecule has 3 unspecified atom stereocenters. The molecule has 0 aromatic carbocycles. The quantitative estimate of drug-likeness (QED) is 0.0261. The van der Waals surface area contributed by atoms with Crippen LogP contribution in [0, 0.1) is 0 Å². The van der Waals surface area contributed by atoms with Crippen molar-refractivity contribution in [3.63, 3.8) is 0 Å². The summed E-state index contributed by atoms with van der Waals surface area (Å²) in [6.07, 6.45) is 39.2. The minimum Gasteiger partial charge on any atom is -0.387 e. The molecule has 0 radical (unpaired) electrons. The van der Waals surface area contributed by atoms with Gasteiger partial charge in [0.15, 0.2) is 0 Å². The van der Waals surface area contributed by atoms with Gasteiger partial charge in [-0.1, -0.05) is 147 Å². The van der Waals surface area contributed by atoms with E-state index in [1.807, 2.05) is 34.1 Å². The van der Waals surface area contributed by atoms with Crippen LogP contribution in [0.15, 0.2) is 36.5 Å². The molecule has 0 saturated heterocycles. The predicted molar refractivity (Wildman–Crippen MR) is 208 cm³/mol. The second kappa shape index (κ2) is 32.6. The van der Waals surface area contributed by atoms with Crippen LogP contribution >= 0.6 is 7.82 Å². The third-order valence-electron chi connectivity index (χ3n) is 8.59. The average Bonchev–Trinajstić information content (AvgIpc) is 3.04. The molecule has 0 aromatic heterocycles. The van der Waals surface area contributed by atoms with E-state index < -0.39 is 20.0 Å². The van der Waals surface area contributed by atoms with Crippen molar-refractivity contribution in [2.75, 3.05) is 40.9 Å². The van der Waals surface area contributed by atoms with E-state index in [9.17, 15) is 19.4 Å². The normalized spacial score (nSPS) is 15.0. The molecule has 0 aliphatic rings. The van der Waals surface area contributed by atoms with E-state index >= 15 is 0 Å². The van der Waals surface area contributed by atoms with Gasteiger partial charge in [-0.25, -0.2) is 4.57 Å². The van der Waals surface area contributed by atoms with Gasteiger partial charge in [-0.15, -0.1) is 0 Å². The number of nitrogens with one attached hydrogen (secondary N) is 1. The second-order valence-corrected chi connectivity index (χ2v) is 16.1. The maximum absolute atomic E-state index is 12.3. The largest absolute Gasteiger partial charge is 0.472 e. The van der Waals surface area contributed by atoms with E-state index in [0.29, 0.717) is 17.4 Å². The van der Waals surface area contributed by atoms with Crippen LogP contribution in [0.2, 0.25) is 0 Å². The number of aliphatic hydroxyl groups excluding tert-OH is 1. The monoisotopic (exact) mass is 714 g/mol. The Labute approximate surface area is 302 Å². The molecular weight excluding hydrogens is 635 g/mol. The fourth-order valence-electron chi connectivity index (χ4n) is 5.34. The number of unbranched alkanes of at least 4 members (excludes halogenated alkanes) is 18. The topological polar surface area (TPSA) is 105 Å². The van der Waals surface area contributed by atoms with Gasteiger partial charge in [0, 0.05) is 6.42 Å². The van der Waals surface area contributed by atoms with Gasteiger partial charge in [-0.05, 0) is 44.9 Å². The summed E-state index contributed by atoms with van der Waals surface area (Å²) in [4.78, 5) is 22.4. The van der Waals surface area contributed by atoms with Crippen LogP contribution < -0.4 is 5.32 Å². The molecule has 0 aromatic rings. The lowest BCUT2D eigenvalue weighted by Crippen LogP contribution is -2.45. The van der Waals surface area contributed by atoms with Crippen molar-refractivity contribution in [1.82, 2.24) is 5.32 Å². The van der Waals surface area contributed by atoms with Gasteiger partial charge < -0.3 is 19.8 Å². The molecule has 9 heteroatoms. The molecule has 1 amide bonds. The van der Waals surface area contributed by atoms with Gasteiger partial charge in [-0.2, -0.15) is 0 Å². The van der Waals surface area contributed by atoms with Crippen LogP contribution in [0.1, 0.15) is 162 Å². The third kappa shape index (κ3) is 34.9. The molecule has 0 aliphatic heterocycles. The molecule has 0 saturated carbocycles. The fraction of sp³-hybridized carbons (Fsp3) is 0.825. The van der Waals surface area contributed by atoms with Gasteiger partial charge in [0.05, 0.1) is 39.9 Å². The Morgan fingerprint density at radius 3 is 1.61 bits per heavy atom. The maximum Gasteiger partial charge on any atom is 0.472 e. The van der Waals surface area contributed by atoms with Crippen molar-refractivity contribution in [3.8, 4) is 0 Å². The van der Waals surface area contributed by atoms with Crippen molar-refractivity contribution in [3.05, 3.63) is 36.5 Å². The van der Waals surface area contributed by atoms with Crippen molar-refractivity contribution >= 4 is 13.7 Å². The van der Waals surface area contributed by atoms with Crippen molar-refractivity contribution in [2.45, 2.75) is 174 Å². The maximum atomic E-state index is 12.3. The Bertz CT molecular complexity index is 902. The zero-order chi connectivity index (χ0) is 36.5. The Balaban J connectivity index is 4.07. The number of rotatable bonds is 35. The van der Waals surface area contributed by atoms with Gasteiger partial charge in [-0.3, -0.25) is 13.8 Å². The Morgan fingerprint density at radius 2 is 1.12 bits per heavy atom. The average molecular weight is 714 g/mol. The molecule has 0 aliphatic carbocycles. The zero-order valence-electron chi connectivity index (χ0n) is 32.4. The lowest BCUT2D eigenvalue weighted by atomic mass is 10.0. The molecule has 288 valence electrons. The van der Waals surface area contributed by atoms with E-state index in [1.165, 1.54) is 103 Å². The van der Waals surface area contributed by atoms with Gasteiger partial charge in [0.25, 0.3) is 0 Å². The van der Waals surface area contributed by atoms with Gasteiger partial charge in [0.2, 0.25) is 5.91 Å². The van der Waals surface area contributed by atoms with Crippen LogP contribution in [0.3, 0.4) is 0 Å². The molecule has 3 N–H and O–H groups in total. The van der Waals surface area contributed by atoms with E-state index in [-0.39, 0.29) is 19.1 Å².